The molecule has 0 spiro atoms. The van der Waals surface area contributed by atoms with Gasteiger partial charge >= 0.3 is 0 Å². The zero-order chi connectivity index (χ0) is 10.5. The molecule has 1 aromatic heterocycles. The zero-order valence-electron chi connectivity index (χ0n) is 8.68. The SMILES string of the molecule is Cc1cc(SCc2ccccc2)ccn1. The van der Waals surface area contributed by atoms with E-state index in [1.54, 1.807) is 0 Å². The Balaban J connectivity index is 1.99. The Kier molecular flexibility index (Phi) is 3.41. The van der Waals surface area contributed by atoms with E-state index in [-0.39, 0.29) is 0 Å². The van der Waals surface area contributed by atoms with Crippen molar-refractivity contribution in [1.29, 1.82) is 0 Å². The van der Waals surface area contributed by atoms with Gasteiger partial charge in [0.05, 0.1) is 0 Å². The van der Waals surface area contributed by atoms with Crippen LogP contribution < -0.4 is 0 Å². The van der Waals surface area contributed by atoms with E-state index in [0.717, 1.165) is 11.4 Å². The Bertz CT molecular complexity index is 426. The molecule has 0 bridgehead atoms. The van der Waals surface area contributed by atoms with Gasteiger partial charge in [0.25, 0.3) is 0 Å². The van der Waals surface area contributed by atoms with Gasteiger partial charge in [-0.15, -0.1) is 11.8 Å². The lowest BCUT2D eigenvalue weighted by Gasteiger charge is -2.02. The summed E-state index contributed by atoms with van der Waals surface area (Å²) in [6.07, 6.45) is 1.86. The molecule has 2 heteroatoms. The number of thioether (sulfide) groups is 1. The van der Waals surface area contributed by atoms with Crippen LogP contribution in [0.2, 0.25) is 0 Å². The zero-order valence-corrected chi connectivity index (χ0v) is 9.50. The Labute approximate surface area is 94.6 Å². The van der Waals surface area contributed by atoms with Gasteiger partial charge in [-0.1, -0.05) is 30.3 Å². The first-order valence-corrected chi connectivity index (χ1v) is 5.92. The quantitative estimate of drug-likeness (QED) is 0.724. The number of hydrogen-bond acceptors (Lipinski definition) is 2. The van der Waals surface area contributed by atoms with Crippen molar-refractivity contribution in [2.45, 2.75) is 17.6 Å². The van der Waals surface area contributed by atoms with Crippen LogP contribution in [-0.2, 0) is 5.75 Å². The van der Waals surface area contributed by atoms with Crippen LogP contribution in [0.3, 0.4) is 0 Å². The Morgan fingerprint density at radius 1 is 1.13 bits per heavy atom. The maximum Gasteiger partial charge on any atom is 0.0383 e. The van der Waals surface area contributed by atoms with Crippen LogP contribution >= 0.6 is 11.8 Å². The first-order valence-electron chi connectivity index (χ1n) is 4.94. The van der Waals surface area contributed by atoms with Gasteiger partial charge in [0.1, 0.15) is 0 Å². The van der Waals surface area contributed by atoms with E-state index in [9.17, 15) is 0 Å². The third kappa shape index (κ3) is 3.10. The minimum absolute atomic E-state index is 1.02. The molecule has 0 radical (unpaired) electrons. The highest BCUT2D eigenvalue weighted by Gasteiger charge is 1.96. The van der Waals surface area contributed by atoms with E-state index in [1.807, 2.05) is 30.9 Å². The fraction of sp³-hybridized carbons (Fsp3) is 0.154. The molecular formula is C13H13NS. The van der Waals surface area contributed by atoms with Crippen LogP contribution in [0, 0.1) is 6.92 Å². The highest BCUT2D eigenvalue weighted by Crippen LogP contribution is 2.22. The summed E-state index contributed by atoms with van der Waals surface area (Å²) in [6.45, 7) is 2.02. The first-order chi connectivity index (χ1) is 7.34. The van der Waals surface area contributed by atoms with Crippen LogP contribution in [0.5, 0.6) is 0 Å². The molecule has 0 saturated heterocycles. The molecule has 0 saturated carbocycles. The first kappa shape index (κ1) is 10.2. The summed E-state index contributed by atoms with van der Waals surface area (Å²) in [7, 11) is 0. The maximum absolute atomic E-state index is 4.18. The van der Waals surface area contributed by atoms with Gasteiger partial charge in [-0.3, -0.25) is 4.98 Å². The molecule has 0 amide bonds. The number of benzene rings is 1. The lowest BCUT2D eigenvalue weighted by atomic mass is 10.2. The number of hydrogen-bond donors (Lipinski definition) is 0. The van der Waals surface area contributed by atoms with Crippen molar-refractivity contribution in [1.82, 2.24) is 4.98 Å². The van der Waals surface area contributed by atoms with E-state index in [4.69, 9.17) is 0 Å². The van der Waals surface area contributed by atoms with E-state index in [1.165, 1.54) is 10.5 Å². The van der Waals surface area contributed by atoms with E-state index >= 15 is 0 Å². The smallest absolute Gasteiger partial charge is 0.0383 e. The van der Waals surface area contributed by atoms with Crippen molar-refractivity contribution < 1.29 is 0 Å². The third-order valence-electron chi connectivity index (χ3n) is 2.12. The van der Waals surface area contributed by atoms with E-state index in [0.29, 0.717) is 0 Å². The minimum atomic E-state index is 1.02. The molecule has 0 N–H and O–H groups in total. The predicted octanol–water partition coefficient (Wildman–Crippen LogP) is 3.68. The standard InChI is InChI=1S/C13H13NS/c1-11-9-13(7-8-14-11)15-10-12-5-3-2-4-6-12/h2-9H,10H2,1H3. The molecule has 0 aliphatic carbocycles. The molecular weight excluding hydrogens is 202 g/mol. The fourth-order valence-electron chi connectivity index (χ4n) is 1.35. The number of rotatable bonds is 3. The lowest BCUT2D eigenvalue weighted by molar-refractivity contribution is 1.16. The summed E-state index contributed by atoms with van der Waals surface area (Å²) in [6, 6.07) is 14.7. The monoisotopic (exact) mass is 215 g/mol. The van der Waals surface area contributed by atoms with Crippen LogP contribution in [0.15, 0.2) is 53.6 Å². The summed E-state index contributed by atoms with van der Waals surface area (Å²) in [5.74, 6) is 1.02. The molecule has 1 aromatic carbocycles. The Hall–Kier alpha value is -1.28. The minimum Gasteiger partial charge on any atom is -0.262 e. The fourth-order valence-corrected chi connectivity index (χ4v) is 2.29. The summed E-state index contributed by atoms with van der Waals surface area (Å²) >= 11 is 1.85. The van der Waals surface area contributed by atoms with E-state index < -0.39 is 0 Å². The molecule has 0 aliphatic heterocycles. The third-order valence-corrected chi connectivity index (χ3v) is 3.18. The van der Waals surface area contributed by atoms with E-state index in [2.05, 4.69) is 41.4 Å². The van der Waals surface area contributed by atoms with Crippen molar-refractivity contribution in [2.24, 2.45) is 0 Å². The highest BCUT2D eigenvalue weighted by molar-refractivity contribution is 7.98. The average Bonchev–Trinajstić information content (AvgIpc) is 2.28. The highest BCUT2D eigenvalue weighted by atomic mass is 32.2. The van der Waals surface area contributed by atoms with Crippen LogP contribution in [0.25, 0.3) is 0 Å². The molecule has 2 rings (SSSR count). The molecule has 76 valence electrons. The largest absolute Gasteiger partial charge is 0.262 e. The van der Waals surface area contributed by atoms with Crippen molar-refractivity contribution in [2.75, 3.05) is 0 Å². The summed E-state index contributed by atoms with van der Waals surface area (Å²) in [4.78, 5) is 5.47. The summed E-state index contributed by atoms with van der Waals surface area (Å²) in [5.41, 5.74) is 2.44. The van der Waals surface area contributed by atoms with Gasteiger partial charge < -0.3 is 0 Å². The normalized spacial score (nSPS) is 10.2. The van der Waals surface area contributed by atoms with Crippen LogP contribution in [-0.4, -0.2) is 4.98 Å². The second-order valence-electron chi connectivity index (χ2n) is 3.41. The predicted molar refractivity (Wildman–Crippen MR) is 65.0 cm³/mol. The maximum atomic E-state index is 4.18. The summed E-state index contributed by atoms with van der Waals surface area (Å²) < 4.78 is 0. The van der Waals surface area contributed by atoms with Crippen molar-refractivity contribution in [3.63, 3.8) is 0 Å². The molecule has 0 aliphatic rings. The average molecular weight is 215 g/mol. The number of aromatic nitrogens is 1. The molecule has 0 atom stereocenters. The van der Waals surface area contributed by atoms with Gasteiger partial charge in [-0.2, -0.15) is 0 Å². The number of pyridine rings is 1. The van der Waals surface area contributed by atoms with Gasteiger partial charge in [0.2, 0.25) is 0 Å². The van der Waals surface area contributed by atoms with Gasteiger partial charge in [-0.25, -0.2) is 0 Å². The van der Waals surface area contributed by atoms with Gasteiger partial charge in [0.15, 0.2) is 0 Å². The number of aryl methyl sites for hydroxylation is 1. The topological polar surface area (TPSA) is 12.9 Å². The number of nitrogens with zero attached hydrogens (tertiary/aromatic N) is 1. The van der Waals surface area contributed by atoms with Crippen LogP contribution in [0.1, 0.15) is 11.3 Å². The van der Waals surface area contributed by atoms with Crippen molar-refractivity contribution in [3.05, 3.63) is 59.9 Å². The second kappa shape index (κ2) is 4.99. The Morgan fingerprint density at radius 2 is 1.93 bits per heavy atom. The van der Waals surface area contributed by atoms with Crippen molar-refractivity contribution >= 4 is 11.8 Å². The molecule has 0 fully saturated rings. The summed E-state index contributed by atoms with van der Waals surface area (Å²) in [5, 5.41) is 0. The molecule has 1 heterocycles. The molecule has 1 nitrogen and oxygen atoms in total. The molecule has 15 heavy (non-hydrogen) atoms. The second-order valence-corrected chi connectivity index (χ2v) is 4.46. The lowest BCUT2D eigenvalue weighted by Crippen LogP contribution is -1.82. The van der Waals surface area contributed by atoms with Crippen molar-refractivity contribution in [3.8, 4) is 0 Å². The van der Waals surface area contributed by atoms with Crippen LogP contribution in [0.4, 0.5) is 0 Å². The molecule has 2 aromatic rings. The molecule has 0 unspecified atom stereocenters. The van der Waals surface area contributed by atoms with Gasteiger partial charge in [0, 0.05) is 22.5 Å². The Morgan fingerprint density at radius 3 is 2.67 bits per heavy atom. The van der Waals surface area contributed by atoms with Gasteiger partial charge in [-0.05, 0) is 24.6 Å².